The molecule has 7 heteroatoms. The van der Waals surface area contributed by atoms with Gasteiger partial charge in [-0.25, -0.2) is 23.5 Å². The lowest BCUT2D eigenvalue weighted by Crippen LogP contribution is -2.54. The topological polar surface area (TPSA) is 69.2 Å². The Morgan fingerprint density at radius 2 is 1.71 bits per heavy atom. The van der Waals surface area contributed by atoms with Crippen LogP contribution >= 0.6 is 0 Å². The van der Waals surface area contributed by atoms with Gasteiger partial charge in [0.25, 0.3) is 0 Å². The minimum Gasteiger partial charge on any atom is -0.343 e. The van der Waals surface area contributed by atoms with Crippen LogP contribution in [0.25, 0.3) is 6.20 Å². The first-order valence-electron chi connectivity index (χ1n) is 8.25. The highest BCUT2D eigenvalue weighted by Gasteiger charge is 2.54. The third kappa shape index (κ3) is 2.06. The van der Waals surface area contributed by atoms with Crippen LogP contribution in [-0.2, 0) is 17.5 Å². The second-order valence-electron chi connectivity index (χ2n) is 9.02. The fourth-order valence-corrected chi connectivity index (χ4v) is 4.05. The van der Waals surface area contributed by atoms with Crippen LogP contribution < -0.4 is 11.4 Å². The number of nitrogens with zero attached hydrogens (tertiary/aromatic N) is 4. The van der Waals surface area contributed by atoms with Crippen LogP contribution in [0, 0.1) is 10.8 Å². The molecule has 1 atom stereocenters. The summed E-state index contributed by atoms with van der Waals surface area (Å²) in [5, 5.41) is 0. The van der Waals surface area contributed by atoms with Gasteiger partial charge in [-0.1, -0.05) is 34.6 Å². The van der Waals surface area contributed by atoms with Crippen molar-refractivity contribution in [1.82, 2.24) is 18.8 Å². The number of carbonyl (C=O) groups is 1. The fraction of sp³-hybridized carbons (Fsp3) is 0.706. The van der Waals surface area contributed by atoms with Gasteiger partial charge in [0.1, 0.15) is 11.4 Å². The highest BCUT2D eigenvalue weighted by molar-refractivity contribution is 6.01. The maximum absolute atomic E-state index is 13.0. The molecule has 0 aromatic carbocycles. The zero-order valence-electron chi connectivity index (χ0n) is 15.5. The number of allylic oxidation sites excluding steroid dienone is 1. The summed E-state index contributed by atoms with van der Waals surface area (Å²) in [6, 6.07) is 0. The zero-order chi connectivity index (χ0) is 18.2. The molecule has 0 radical (unpaired) electrons. The number of ketones is 1. The maximum atomic E-state index is 13.0. The van der Waals surface area contributed by atoms with E-state index >= 15 is 0 Å². The molecular weight excluding hydrogens is 308 g/mol. The minimum absolute atomic E-state index is 0.0270. The molecule has 0 spiro atoms. The van der Waals surface area contributed by atoms with Crippen molar-refractivity contribution in [3.63, 3.8) is 0 Å². The third-order valence-corrected chi connectivity index (χ3v) is 5.05. The Hall–Kier alpha value is -2.05. The largest absolute Gasteiger partial charge is 0.351 e. The van der Waals surface area contributed by atoms with Gasteiger partial charge < -0.3 is 4.90 Å². The quantitative estimate of drug-likeness (QED) is 0.773. The minimum atomic E-state index is -0.730. The van der Waals surface area contributed by atoms with Crippen LogP contribution in [0.3, 0.4) is 0 Å². The van der Waals surface area contributed by atoms with Gasteiger partial charge >= 0.3 is 11.4 Å². The van der Waals surface area contributed by atoms with E-state index in [1.807, 2.05) is 32.6 Å². The molecule has 0 bridgehead atoms. The number of Topliss-reactive ketones (excluding diaryl/α,β-unsaturated/α-hetero) is 1. The Bertz CT molecular complexity index is 875. The van der Waals surface area contributed by atoms with Crippen molar-refractivity contribution in [2.24, 2.45) is 17.9 Å². The van der Waals surface area contributed by atoms with Gasteiger partial charge in [0.2, 0.25) is 0 Å². The van der Waals surface area contributed by atoms with Crippen LogP contribution in [0.5, 0.6) is 0 Å². The molecule has 1 aromatic heterocycles. The van der Waals surface area contributed by atoms with Gasteiger partial charge in [0.15, 0.2) is 5.78 Å². The van der Waals surface area contributed by atoms with E-state index in [1.54, 1.807) is 0 Å². The van der Waals surface area contributed by atoms with Crippen LogP contribution in [0.4, 0.5) is 0 Å². The zero-order valence-corrected chi connectivity index (χ0v) is 15.5. The standard InChI is InChI=1S/C17H26N4O3/c1-15(2,3)12(22)11-8-20-13(23)18(7)14(24)21(20)17(6)9-16(4,5)10-19(11)17/h8H,9-10H2,1-7H3. The van der Waals surface area contributed by atoms with Gasteiger partial charge in [-0.2, -0.15) is 0 Å². The molecule has 2 aliphatic rings. The molecule has 1 saturated heterocycles. The molecule has 0 amide bonds. The Labute approximate surface area is 141 Å². The van der Waals surface area contributed by atoms with E-state index in [0.717, 1.165) is 4.57 Å². The second-order valence-corrected chi connectivity index (χ2v) is 9.02. The van der Waals surface area contributed by atoms with Gasteiger partial charge in [-0.3, -0.25) is 4.79 Å². The molecule has 1 fully saturated rings. The van der Waals surface area contributed by atoms with E-state index in [9.17, 15) is 14.4 Å². The molecule has 3 rings (SSSR count). The summed E-state index contributed by atoms with van der Waals surface area (Å²) in [6.07, 6.45) is 2.21. The predicted octanol–water partition coefficient (Wildman–Crippen LogP) is 1.18. The number of fused-ring (bicyclic) bond motifs is 3. The summed E-state index contributed by atoms with van der Waals surface area (Å²) in [6.45, 7) is 12.4. The number of aromatic nitrogens is 3. The monoisotopic (exact) mass is 334 g/mol. The van der Waals surface area contributed by atoms with Crippen molar-refractivity contribution in [2.45, 2.75) is 53.6 Å². The summed E-state index contributed by atoms with van der Waals surface area (Å²) < 4.78 is 3.89. The summed E-state index contributed by atoms with van der Waals surface area (Å²) in [5.41, 5.74) is -1.66. The van der Waals surface area contributed by atoms with Gasteiger partial charge in [-0.05, 0) is 18.8 Å². The van der Waals surface area contributed by atoms with Crippen LogP contribution in [0.1, 0.15) is 48.0 Å². The van der Waals surface area contributed by atoms with Gasteiger partial charge in [-0.15, -0.1) is 0 Å². The molecule has 0 saturated carbocycles. The third-order valence-electron chi connectivity index (χ3n) is 5.05. The SMILES string of the molecule is Cn1c(=O)n2n(c1=O)C1(C)CC(C)(C)CN1C(C(=O)C(C)(C)C)=C2. The molecular formula is C17H26N4O3. The normalized spacial score (nSPS) is 25.3. The predicted molar refractivity (Wildman–Crippen MR) is 91.4 cm³/mol. The molecule has 0 N–H and O–H groups in total. The molecule has 0 aliphatic carbocycles. The summed E-state index contributed by atoms with van der Waals surface area (Å²) in [4.78, 5) is 40.1. The lowest BCUT2D eigenvalue weighted by molar-refractivity contribution is -0.125. The van der Waals surface area contributed by atoms with E-state index in [0.29, 0.717) is 18.7 Å². The van der Waals surface area contributed by atoms with E-state index < -0.39 is 16.8 Å². The highest BCUT2D eigenvalue weighted by atomic mass is 16.2. The first-order valence-corrected chi connectivity index (χ1v) is 8.25. The van der Waals surface area contributed by atoms with E-state index in [1.165, 1.54) is 22.6 Å². The summed E-state index contributed by atoms with van der Waals surface area (Å²) in [7, 11) is 1.47. The number of hydrogen-bond acceptors (Lipinski definition) is 4. The average Bonchev–Trinajstić information content (AvgIpc) is 2.81. The van der Waals surface area contributed by atoms with Crippen molar-refractivity contribution in [3.05, 3.63) is 26.7 Å². The Morgan fingerprint density at radius 3 is 2.25 bits per heavy atom. The number of carbonyl (C=O) groups excluding carboxylic acids is 1. The van der Waals surface area contributed by atoms with Crippen molar-refractivity contribution >= 4 is 12.0 Å². The molecule has 132 valence electrons. The Kier molecular flexibility index (Phi) is 3.16. The van der Waals surface area contributed by atoms with Gasteiger partial charge in [0.05, 0.1) is 6.20 Å². The van der Waals surface area contributed by atoms with Crippen molar-refractivity contribution in [2.75, 3.05) is 6.54 Å². The number of hydrogen-bond donors (Lipinski definition) is 0. The first-order chi connectivity index (χ1) is 10.8. The molecule has 1 aromatic rings. The summed E-state index contributed by atoms with van der Waals surface area (Å²) in [5.74, 6) is -0.0270. The van der Waals surface area contributed by atoms with Gasteiger partial charge in [0, 0.05) is 19.0 Å². The van der Waals surface area contributed by atoms with Crippen molar-refractivity contribution in [1.29, 1.82) is 0 Å². The van der Waals surface area contributed by atoms with Crippen LogP contribution in [-0.4, -0.2) is 31.2 Å². The molecule has 2 aliphatic heterocycles. The van der Waals surface area contributed by atoms with E-state index in [-0.39, 0.29) is 16.9 Å². The average molecular weight is 334 g/mol. The molecule has 24 heavy (non-hydrogen) atoms. The second kappa shape index (κ2) is 4.52. The maximum Gasteiger partial charge on any atom is 0.351 e. The smallest absolute Gasteiger partial charge is 0.343 e. The lowest BCUT2D eigenvalue weighted by Gasteiger charge is -2.42. The molecule has 7 nitrogen and oxygen atoms in total. The lowest BCUT2D eigenvalue weighted by atomic mass is 9.87. The Balaban J connectivity index is 2.35. The first kappa shape index (κ1) is 16.8. The number of rotatable bonds is 1. The molecule has 1 unspecified atom stereocenters. The van der Waals surface area contributed by atoms with E-state index in [2.05, 4.69) is 13.8 Å². The van der Waals surface area contributed by atoms with Crippen molar-refractivity contribution < 1.29 is 4.79 Å². The summed E-state index contributed by atoms with van der Waals surface area (Å²) >= 11 is 0. The fourth-order valence-electron chi connectivity index (χ4n) is 4.05. The Morgan fingerprint density at radius 1 is 1.12 bits per heavy atom. The van der Waals surface area contributed by atoms with Crippen LogP contribution in [0.2, 0.25) is 0 Å². The highest BCUT2D eigenvalue weighted by Crippen LogP contribution is 2.47. The van der Waals surface area contributed by atoms with E-state index in [4.69, 9.17) is 0 Å². The van der Waals surface area contributed by atoms with Crippen LogP contribution in [0.15, 0.2) is 15.3 Å². The van der Waals surface area contributed by atoms with Crippen molar-refractivity contribution in [3.8, 4) is 0 Å². The molecule has 3 heterocycles.